The lowest BCUT2D eigenvalue weighted by Gasteiger charge is -2.09. The number of fused-ring (bicyclic) bond motifs is 1. The predicted molar refractivity (Wildman–Crippen MR) is 99.2 cm³/mol. The first kappa shape index (κ1) is 15.6. The van der Waals surface area contributed by atoms with Crippen LogP contribution >= 0.6 is 0 Å². The zero-order valence-corrected chi connectivity index (χ0v) is 13.4. The summed E-state index contributed by atoms with van der Waals surface area (Å²) in [7, 11) is 1.63. The fourth-order valence-corrected chi connectivity index (χ4v) is 2.53. The van der Waals surface area contributed by atoms with E-state index < -0.39 is 0 Å². The van der Waals surface area contributed by atoms with E-state index >= 15 is 0 Å². The Hall–Kier alpha value is -3.27. The number of hydrogen-bond donors (Lipinski definition) is 0. The van der Waals surface area contributed by atoms with E-state index in [1.807, 2.05) is 36.5 Å². The van der Waals surface area contributed by atoms with Crippen molar-refractivity contribution in [2.75, 3.05) is 7.11 Å². The van der Waals surface area contributed by atoms with Crippen LogP contribution in [0.1, 0.15) is 5.56 Å². The third-order valence-electron chi connectivity index (χ3n) is 3.75. The van der Waals surface area contributed by atoms with E-state index in [0.29, 0.717) is 0 Å². The maximum absolute atomic E-state index is 5.26. The van der Waals surface area contributed by atoms with Gasteiger partial charge >= 0.3 is 0 Å². The van der Waals surface area contributed by atoms with E-state index in [-0.39, 0.29) is 0 Å². The van der Waals surface area contributed by atoms with Gasteiger partial charge in [-0.3, -0.25) is 15.0 Å². The molecule has 0 radical (unpaired) electrons. The number of rotatable bonds is 5. The molecule has 0 spiro atoms. The minimum absolute atomic E-state index is 0.725. The van der Waals surface area contributed by atoms with E-state index in [1.54, 1.807) is 25.7 Å². The number of nitrogens with zero attached hydrogens (tertiary/aromatic N) is 3. The number of ether oxygens (including phenoxy) is 1. The first-order valence-electron chi connectivity index (χ1n) is 7.43. The van der Waals surface area contributed by atoms with Gasteiger partial charge in [-0.15, -0.1) is 0 Å². The lowest BCUT2D eigenvalue weighted by atomic mass is 9.98. The minimum Gasteiger partial charge on any atom is -0.495 e. The van der Waals surface area contributed by atoms with Crippen molar-refractivity contribution < 1.29 is 4.74 Å². The lowest BCUT2D eigenvalue weighted by Crippen LogP contribution is -1.89. The van der Waals surface area contributed by atoms with Crippen LogP contribution < -0.4 is 4.74 Å². The first-order valence-corrected chi connectivity index (χ1v) is 7.43. The molecule has 118 valence electrons. The van der Waals surface area contributed by atoms with E-state index in [2.05, 4.69) is 34.3 Å². The van der Waals surface area contributed by atoms with Crippen molar-refractivity contribution in [1.29, 1.82) is 0 Å². The minimum atomic E-state index is 0.725. The lowest BCUT2D eigenvalue weighted by molar-refractivity contribution is 0.413. The molecule has 3 rings (SSSR count). The fraction of sp³-hybridized carbons (Fsp3) is 0.0500. The molecule has 2 heterocycles. The average molecular weight is 315 g/mol. The molecule has 0 N–H and O–H groups in total. The SMILES string of the molecule is C=N/C=C\C(=C)c1ccnc2ccc(-c3cncc(OC)c3)cc12. The molecule has 0 saturated heterocycles. The van der Waals surface area contributed by atoms with Gasteiger partial charge in [0.1, 0.15) is 5.75 Å². The van der Waals surface area contributed by atoms with Gasteiger partial charge in [0.2, 0.25) is 0 Å². The number of pyridine rings is 2. The standard InChI is InChI=1S/C20H17N3O/c1-14(6-8-21-2)18-7-9-23-20-5-4-15(11-19(18)20)16-10-17(24-3)13-22-12-16/h4-13H,1-2H2,3H3/b8-6-. The van der Waals surface area contributed by atoms with Crippen LogP contribution in [0.2, 0.25) is 0 Å². The summed E-state index contributed by atoms with van der Waals surface area (Å²) in [6.07, 6.45) is 8.75. The Bertz CT molecular complexity index is 945. The molecule has 3 aromatic rings. The van der Waals surface area contributed by atoms with Gasteiger partial charge in [-0.05, 0) is 53.8 Å². The van der Waals surface area contributed by atoms with Gasteiger partial charge in [0.25, 0.3) is 0 Å². The summed E-state index contributed by atoms with van der Waals surface area (Å²) in [4.78, 5) is 12.4. The van der Waals surface area contributed by atoms with E-state index in [0.717, 1.165) is 38.9 Å². The maximum Gasteiger partial charge on any atom is 0.137 e. The largest absolute Gasteiger partial charge is 0.495 e. The Morgan fingerprint density at radius 1 is 1.17 bits per heavy atom. The molecular weight excluding hydrogens is 298 g/mol. The van der Waals surface area contributed by atoms with Crippen LogP contribution in [-0.4, -0.2) is 23.8 Å². The number of aliphatic imine (C=N–C) groups is 1. The summed E-state index contributed by atoms with van der Waals surface area (Å²) in [5.74, 6) is 0.725. The zero-order valence-electron chi connectivity index (χ0n) is 13.4. The van der Waals surface area contributed by atoms with E-state index in [9.17, 15) is 0 Å². The molecule has 24 heavy (non-hydrogen) atoms. The second-order valence-corrected chi connectivity index (χ2v) is 5.23. The van der Waals surface area contributed by atoms with Gasteiger partial charge < -0.3 is 4.74 Å². The molecule has 2 aromatic heterocycles. The van der Waals surface area contributed by atoms with Crippen molar-refractivity contribution in [3.63, 3.8) is 0 Å². The Labute approximate surface area is 140 Å². The van der Waals surface area contributed by atoms with Gasteiger partial charge in [-0.1, -0.05) is 12.6 Å². The Balaban J connectivity index is 2.14. The summed E-state index contributed by atoms with van der Waals surface area (Å²) < 4.78 is 5.26. The molecule has 4 nitrogen and oxygen atoms in total. The summed E-state index contributed by atoms with van der Waals surface area (Å²) in [6.45, 7) is 7.56. The normalized spacial score (nSPS) is 10.9. The third kappa shape index (κ3) is 3.08. The van der Waals surface area contributed by atoms with Crippen molar-refractivity contribution in [3.05, 3.63) is 73.3 Å². The molecular formula is C20H17N3O. The molecule has 0 atom stereocenters. The van der Waals surface area contributed by atoms with Gasteiger partial charge in [0.15, 0.2) is 0 Å². The molecule has 0 amide bonds. The highest BCUT2D eigenvalue weighted by Gasteiger charge is 2.07. The Kier molecular flexibility index (Phi) is 4.47. The van der Waals surface area contributed by atoms with Crippen LogP contribution in [0.4, 0.5) is 0 Å². The maximum atomic E-state index is 5.26. The van der Waals surface area contributed by atoms with Gasteiger partial charge in [0.05, 0.1) is 18.8 Å². The van der Waals surface area contributed by atoms with Crippen LogP contribution in [0, 0.1) is 0 Å². The topological polar surface area (TPSA) is 47.4 Å². The molecule has 0 unspecified atom stereocenters. The Morgan fingerprint density at radius 2 is 2.04 bits per heavy atom. The van der Waals surface area contributed by atoms with Gasteiger partial charge in [0, 0.05) is 29.5 Å². The molecule has 1 aromatic carbocycles. The smallest absolute Gasteiger partial charge is 0.137 e. The highest BCUT2D eigenvalue weighted by Crippen LogP contribution is 2.29. The number of hydrogen-bond acceptors (Lipinski definition) is 4. The number of allylic oxidation sites excluding steroid dienone is 2. The number of methoxy groups -OCH3 is 1. The molecule has 0 bridgehead atoms. The first-order chi connectivity index (χ1) is 11.7. The quantitative estimate of drug-likeness (QED) is 0.513. The molecule has 4 heteroatoms. The van der Waals surface area contributed by atoms with Gasteiger partial charge in [-0.2, -0.15) is 0 Å². The van der Waals surface area contributed by atoms with Crippen molar-refractivity contribution >= 4 is 23.2 Å². The van der Waals surface area contributed by atoms with Crippen molar-refractivity contribution in [3.8, 4) is 16.9 Å². The second kappa shape index (κ2) is 6.87. The fourth-order valence-electron chi connectivity index (χ4n) is 2.53. The van der Waals surface area contributed by atoms with Crippen LogP contribution in [0.25, 0.3) is 27.6 Å². The van der Waals surface area contributed by atoms with Gasteiger partial charge in [-0.25, -0.2) is 0 Å². The summed E-state index contributed by atoms with van der Waals surface area (Å²) in [5.41, 5.74) is 4.81. The Morgan fingerprint density at radius 3 is 2.83 bits per heavy atom. The highest BCUT2D eigenvalue weighted by atomic mass is 16.5. The van der Waals surface area contributed by atoms with Crippen LogP contribution in [-0.2, 0) is 0 Å². The van der Waals surface area contributed by atoms with Crippen molar-refractivity contribution in [2.45, 2.75) is 0 Å². The second-order valence-electron chi connectivity index (χ2n) is 5.23. The molecule has 0 saturated carbocycles. The molecule has 0 fully saturated rings. The van der Waals surface area contributed by atoms with Crippen molar-refractivity contribution in [2.24, 2.45) is 4.99 Å². The summed E-state index contributed by atoms with van der Waals surface area (Å²) >= 11 is 0. The van der Waals surface area contributed by atoms with Crippen molar-refractivity contribution in [1.82, 2.24) is 9.97 Å². The van der Waals surface area contributed by atoms with E-state index in [4.69, 9.17) is 4.74 Å². The average Bonchev–Trinajstić information content (AvgIpc) is 2.65. The van der Waals surface area contributed by atoms with Crippen LogP contribution in [0.3, 0.4) is 0 Å². The highest BCUT2D eigenvalue weighted by molar-refractivity contribution is 5.95. The van der Waals surface area contributed by atoms with Crippen LogP contribution in [0.5, 0.6) is 5.75 Å². The predicted octanol–water partition coefficient (Wildman–Crippen LogP) is 4.53. The molecule has 0 aliphatic carbocycles. The van der Waals surface area contributed by atoms with E-state index in [1.165, 1.54) is 0 Å². The molecule has 0 aliphatic rings. The monoisotopic (exact) mass is 315 g/mol. The summed E-state index contributed by atoms with van der Waals surface area (Å²) in [6, 6.07) is 10.0. The summed E-state index contributed by atoms with van der Waals surface area (Å²) in [5, 5.41) is 1.02. The molecule has 0 aliphatic heterocycles. The number of benzene rings is 1. The zero-order chi connectivity index (χ0) is 16.9. The number of aromatic nitrogens is 2. The van der Waals surface area contributed by atoms with Crippen LogP contribution in [0.15, 0.2) is 72.8 Å². The third-order valence-corrected chi connectivity index (χ3v) is 3.75.